The topological polar surface area (TPSA) is 51.6 Å². The first-order valence-corrected chi connectivity index (χ1v) is 18.8. The fraction of sp³-hybridized carbons (Fsp3) is 0. The van der Waals surface area contributed by atoms with E-state index in [0.717, 1.165) is 55.9 Å². The number of hydrogen-bond donors (Lipinski definition) is 0. The molecule has 7 aromatic carbocycles. The Kier molecular flexibility index (Phi) is 8.47. The molecule has 0 saturated carbocycles. The van der Waals surface area contributed by atoms with Gasteiger partial charge >= 0.3 is 0 Å². The third kappa shape index (κ3) is 6.19. The summed E-state index contributed by atoms with van der Waals surface area (Å²) in [6.07, 6.45) is 7.33. The summed E-state index contributed by atoms with van der Waals surface area (Å²) in [5.74, 6) is 0.674. The van der Waals surface area contributed by atoms with Crippen molar-refractivity contribution in [2.24, 2.45) is 0 Å². The zero-order chi connectivity index (χ0) is 37.3. The molecule has 0 aliphatic heterocycles. The first-order valence-electron chi connectivity index (χ1n) is 18.8. The van der Waals surface area contributed by atoms with E-state index in [1.165, 1.54) is 38.2 Å². The zero-order valence-corrected chi connectivity index (χ0v) is 30.4. The molecule has 0 atom stereocenters. The zero-order valence-electron chi connectivity index (χ0n) is 30.4. The smallest absolute Gasteiger partial charge is 0.160 e. The molecule has 4 heteroatoms. The molecule has 0 spiro atoms. The molecule has 0 aliphatic rings. The first-order chi connectivity index (χ1) is 27.8. The second-order valence-electron chi connectivity index (χ2n) is 13.9. The standard InChI is InChI=1S/C52H34N4/c1-2-9-40(10-3-1)50-44-12-4-6-14-46(44)51(47-15-7-5-13-45(47)50)41-24-26-42(27-25-41)52-55-48(38-20-16-35(17-21-38)37-28-31-53-32-29-37)33-49(56-52)39-22-18-36(19-23-39)43-11-8-30-54-34-43/h1-34H. The Morgan fingerprint density at radius 3 is 1.20 bits per heavy atom. The van der Waals surface area contributed by atoms with Crippen LogP contribution in [-0.4, -0.2) is 19.9 Å². The molecule has 10 rings (SSSR count). The molecule has 0 saturated heterocycles. The van der Waals surface area contributed by atoms with Crippen LogP contribution in [0.2, 0.25) is 0 Å². The normalized spacial score (nSPS) is 11.2. The lowest BCUT2D eigenvalue weighted by Gasteiger charge is -2.18. The Morgan fingerprint density at radius 1 is 0.268 bits per heavy atom. The maximum Gasteiger partial charge on any atom is 0.160 e. The second-order valence-corrected chi connectivity index (χ2v) is 13.9. The Balaban J connectivity index is 1.08. The van der Waals surface area contributed by atoms with Gasteiger partial charge in [0.2, 0.25) is 0 Å². The molecule has 0 bridgehead atoms. The van der Waals surface area contributed by atoms with Gasteiger partial charge in [-0.3, -0.25) is 9.97 Å². The van der Waals surface area contributed by atoms with Crippen molar-refractivity contribution in [1.82, 2.24) is 19.9 Å². The minimum Gasteiger partial charge on any atom is -0.265 e. The molecular weight excluding hydrogens is 681 g/mol. The van der Waals surface area contributed by atoms with Crippen LogP contribution in [0.15, 0.2) is 207 Å². The predicted molar refractivity (Wildman–Crippen MR) is 231 cm³/mol. The Hall–Kier alpha value is -7.56. The maximum atomic E-state index is 5.19. The lowest BCUT2D eigenvalue weighted by Crippen LogP contribution is -1.96. The molecule has 0 amide bonds. The SMILES string of the molecule is c1ccc(-c2c3ccccc3c(-c3ccc(-c4nc(-c5ccc(-c6ccncc6)cc5)cc(-c5ccc(-c6cccnc6)cc5)n4)cc3)c3ccccc23)cc1. The van der Waals surface area contributed by atoms with E-state index in [4.69, 9.17) is 9.97 Å². The van der Waals surface area contributed by atoms with Gasteiger partial charge in [-0.25, -0.2) is 9.97 Å². The summed E-state index contributed by atoms with van der Waals surface area (Å²) in [6, 6.07) is 64.2. The predicted octanol–water partition coefficient (Wildman–Crippen LogP) is 13.2. The van der Waals surface area contributed by atoms with Crippen LogP contribution in [0.1, 0.15) is 0 Å². The highest BCUT2D eigenvalue weighted by molar-refractivity contribution is 6.21. The van der Waals surface area contributed by atoms with Gasteiger partial charge in [0.25, 0.3) is 0 Å². The summed E-state index contributed by atoms with van der Waals surface area (Å²) in [6.45, 7) is 0. The number of nitrogens with zero attached hydrogens (tertiary/aromatic N) is 4. The summed E-state index contributed by atoms with van der Waals surface area (Å²) in [7, 11) is 0. The van der Waals surface area contributed by atoms with Crippen LogP contribution in [-0.2, 0) is 0 Å². The highest BCUT2D eigenvalue weighted by atomic mass is 14.9. The average Bonchev–Trinajstić information content (AvgIpc) is 3.29. The van der Waals surface area contributed by atoms with Gasteiger partial charge < -0.3 is 0 Å². The van der Waals surface area contributed by atoms with Gasteiger partial charge in [-0.2, -0.15) is 0 Å². The minimum absolute atomic E-state index is 0.674. The number of pyridine rings is 2. The maximum absolute atomic E-state index is 5.19. The third-order valence-electron chi connectivity index (χ3n) is 10.5. The molecule has 262 valence electrons. The van der Waals surface area contributed by atoms with Crippen LogP contribution in [0, 0.1) is 0 Å². The van der Waals surface area contributed by atoms with Gasteiger partial charge in [0.1, 0.15) is 0 Å². The van der Waals surface area contributed by atoms with E-state index in [0.29, 0.717) is 5.82 Å². The van der Waals surface area contributed by atoms with Crippen molar-refractivity contribution in [3.8, 4) is 78.4 Å². The summed E-state index contributed by atoms with van der Waals surface area (Å²) in [5, 5.41) is 4.93. The number of hydrogen-bond acceptors (Lipinski definition) is 4. The van der Waals surface area contributed by atoms with Crippen molar-refractivity contribution in [1.29, 1.82) is 0 Å². The van der Waals surface area contributed by atoms with E-state index in [1.54, 1.807) is 6.20 Å². The summed E-state index contributed by atoms with van der Waals surface area (Å²) < 4.78 is 0. The molecule has 0 aliphatic carbocycles. The van der Waals surface area contributed by atoms with E-state index in [-0.39, 0.29) is 0 Å². The van der Waals surface area contributed by atoms with Crippen LogP contribution in [0.25, 0.3) is 100.0 Å². The second kappa shape index (κ2) is 14.3. The van der Waals surface area contributed by atoms with Crippen molar-refractivity contribution >= 4 is 21.5 Å². The summed E-state index contributed by atoms with van der Waals surface area (Å²) >= 11 is 0. The van der Waals surface area contributed by atoms with Gasteiger partial charge in [-0.1, -0.05) is 158 Å². The first kappa shape index (κ1) is 33.0. The van der Waals surface area contributed by atoms with Crippen LogP contribution in [0.5, 0.6) is 0 Å². The van der Waals surface area contributed by atoms with Gasteiger partial charge in [-0.15, -0.1) is 0 Å². The quantitative estimate of drug-likeness (QED) is 0.154. The van der Waals surface area contributed by atoms with Crippen molar-refractivity contribution in [2.75, 3.05) is 0 Å². The largest absolute Gasteiger partial charge is 0.265 e. The molecule has 0 radical (unpaired) electrons. The monoisotopic (exact) mass is 714 g/mol. The highest BCUT2D eigenvalue weighted by Crippen LogP contribution is 2.44. The molecule has 0 unspecified atom stereocenters. The molecule has 0 fully saturated rings. The number of rotatable bonds is 7. The lowest BCUT2D eigenvalue weighted by atomic mass is 9.86. The fourth-order valence-corrected chi connectivity index (χ4v) is 7.76. The highest BCUT2D eigenvalue weighted by Gasteiger charge is 2.17. The van der Waals surface area contributed by atoms with Gasteiger partial charge in [-0.05, 0) is 90.3 Å². The average molecular weight is 715 g/mol. The van der Waals surface area contributed by atoms with E-state index < -0.39 is 0 Å². The lowest BCUT2D eigenvalue weighted by molar-refractivity contribution is 1.18. The minimum atomic E-state index is 0.674. The molecule has 0 N–H and O–H groups in total. The van der Waals surface area contributed by atoms with E-state index in [2.05, 4.69) is 174 Å². The van der Waals surface area contributed by atoms with Gasteiger partial charge in [0, 0.05) is 41.5 Å². The van der Waals surface area contributed by atoms with E-state index >= 15 is 0 Å². The summed E-state index contributed by atoms with van der Waals surface area (Å²) in [4.78, 5) is 18.9. The van der Waals surface area contributed by atoms with Crippen molar-refractivity contribution in [3.63, 3.8) is 0 Å². The molecule has 3 aromatic heterocycles. The number of aromatic nitrogens is 4. The van der Waals surface area contributed by atoms with E-state index in [9.17, 15) is 0 Å². The van der Waals surface area contributed by atoms with Crippen molar-refractivity contribution < 1.29 is 0 Å². The Morgan fingerprint density at radius 2 is 0.679 bits per heavy atom. The van der Waals surface area contributed by atoms with Crippen molar-refractivity contribution in [2.45, 2.75) is 0 Å². The molecule has 56 heavy (non-hydrogen) atoms. The molecule has 3 heterocycles. The summed E-state index contributed by atoms with van der Waals surface area (Å²) in [5.41, 5.74) is 14.0. The van der Waals surface area contributed by atoms with Crippen molar-refractivity contribution in [3.05, 3.63) is 207 Å². The number of benzene rings is 7. The van der Waals surface area contributed by atoms with Crippen LogP contribution in [0.3, 0.4) is 0 Å². The fourth-order valence-electron chi connectivity index (χ4n) is 7.76. The Bertz CT molecular complexity index is 2800. The van der Waals surface area contributed by atoms with E-state index in [1.807, 2.05) is 36.8 Å². The van der Waals surface area contributed by atoms with Crippen LogP contribution >= 0.6 is 0 Å². The number of fused-ring (bicyclic) bond motifs is 2. The van der Waals surface area contributed by atoms with Gasteiger partial charge in [0.15, 0.2) is 5.82 Å². The van der Waals surface area contributed by atoms with Crippen LogP contribution < -0.4 is 0 Å². The Labute approximate surface area is 325 Å². The van der Waals surface area contributed by atoms with Gasteiger partial charge in [0.05, 0.1) is 11.4 Å². The molecule has 4 nitrogen and oxygen atoms in total. The molecule has 10 aromatic rings. The third-order valence-corrected chi connectivity index (χ3v) is 10.5. The molecular formula is C52H34N4. The van der Waals surface area contributed by atoms with Crippen LogP contribution in [0.4, 0.5) is 0 Å².